The van der Waals surface area contributed by atoms with Gasteiger partial charge in [0, 0.05) is 18.1 Å². The van der Waals surface area contributed by atoms with Gasteiger partial charge in [0.05, 0.1) is 7.11 Å². The number of carbonyl (C=O) groups excluding carboxylic acids is 1. The first-order valence-electron chi connectivity index (χ1n) is 10.2. The van der Waals surface area contributed by atoms with Crippen LogP contribution in [0.4, 0.5) is 0 Å². The Bertz CT molecular complexity index is 776. The second kappa shape index (κ2) is 12.5. The van der Waals surface area contributed by atoms with E-state index in [1.165, 1.54) is 5.56 Å². The topological polar surface area (TPSA) is 59.6 Å². The molecule has 6 heteroatoms. The first-order valence-corrected chi connectivity index (χ1v) is 10.2. The quantitative estimate of drug-likeness (QED) is 0.549. The molecule has 2 N–H and O–H groups in total. The van der Waals surface area contributed by atoms with Gasteiger partial charge in [0.15, 0.2) is 18.1 Å². The summed E-state index contributed by atoms with van der Waals surface area (Å²) >= 11 is 0. The Morgan fingerprint density at radius 2 is 1.77 bits per heavy atom. The summed E-state index contributed by atoms with van der Waals surface area (Å²) < 4.78 is 11.1. The van der Waals surface area contributed by atoms with Crippen molar-refractivity contribution in [1.29, 1.82) is 0 Å². The predicted octanol–water partition coefficient (Wildman–Crippen LogP) is 5.04. The number of carbonyl (C=O) groups is 1. The number of ether oxygens (including phenoxy) is 2. The molecule has 2 aromatic rings. The number of halogens is 1. The summed E-state index contributed by atoms with van der Waals surface area (Å²) in [5.74, 6) is 1.03. The molecule has 0 radical (unpaired) electrons. The lowest BCUT2D eigenvalue weighted by atomic mass is 10.0. The Balaban J connectivity index is 0.00000450. The van der Waals surface area contributed by atoms with Crippen LogP contribution in [-0.2, 0) is 11.3 Å². The fraction of sp³-hybridized carbons (Fsp3) is 0.458. The molecular weight excluding hydrogens is 400 g/mol. The van der Waals surface area contributed by atoms with Crippen LogP contribution in [0, 0.1) is 0 Å². The molecule has 1 amide bonds. The summed E-state index contributed by atoms with van der Waals surface area (Å²) in [5, 5.41) is 6.52. The number of amides is 1. The van der Waals surface area contributed by atoms with E-state index in [1.54, 1.807) is 7.11 Å². The molecule has 0 fully saturated rings. The minimum atomic E-state index is -0.284. The zero-order chi connectivity index (χ0) is 21.3. The summed E-state index contributed by atoms with van der Waals surface area (Å²) in [7, 11) is 1.61. The molecule has 0 heterocycles. The van der Waals surface area contributed by atoms with Gasteiger partial charge in [-0.15, -0.1) is 12.4 Å². The molecule has 0 aliphatic carbocycles. The molecule has 0 aromatic heterocycles. The summed E-state index contributed by atoms with van der Waals surface area (Å²) in [6.07, 6.45) is 2.19. The van der Waals surface area contributed by atoms with E-state index in [4.69, 9.17) is 9.47 Å². The van der Waals surface area contributed by atoms with Gasteiger partial charge in [-0.25, -0.2) is 0 Å². The van der Waals surface area contributed by atoms with Crippen LogP contribution >= 0.6 is 12.4 Å². The molecule has 0 aliphatic rings. The van der Waals surface area contributed by atoms with Gasteiger partial charge < -0.3 is 20.1 Å². The maximum atomic E-state index is 12.0. The highest BCUT2D eigenvalue weighted by molar-refractivity contribution is 5.85. The molecule has 1 unspecified atom stereocenters. The molecule has 30 heavy (non-hydrogen) atoms. The van der Waals surface area contributed by atoms with Gasteiger partial charge >= 0.3 is 0 Å². The van der Waals surface area contributed by atoms with Crippen LogP contribution in [0.2, 0.25) is 0 Å². The standard InChI is InChI=1S/C24H34N2O3.ClH/c1-6-10-20(19-11-8-7-9-12-19)25-16-18-13-14-21(22(15-18)28-5)29-17-23(27)26-24(2,3)4;/h7-9,11-15,20,25H,6,10,16-17H2,1-5H3,(H,26,27);1H. The number of hydrogen-bond donors (Lipinski definition) is 2. The van der Waals surface area contributed by atoms with E-state index in [0.717, 1.165) is 24.9 Å². The van der Waals surface area contributed by atoms with Crippen LogP contribution in [0.1, 0.15) is 57.7 Å². The molecule has 2 rings (SSSR count). The summed E-state index contributed by atoms with van der Waals surface area (Å²) in [4.78, 5) is 12.0. The van der Waals surface area contributed by atoms with Gasteiger partial charge in [-0.3, -0.25) is 4.79 Å². The smallest absolute Gasteiger partial charge is 0.258 e. The minimum absolute atomic E-state index is 0. The van der Waals surface area contributed by atoms with Crippen molar-refractivity contribution in [3.05, 3.63) is 59.7 Å². The zero-order valence-corrected chi connectivity index (χ0v) is 19.5. The van der Waals surface area contributed by atoms with Crippen LogP contribution in [0.15, 0.2) is 48.5 Å². The van der Waals surface area contributed by atoms with Gasteiger partial charge in [0.25, 0.3) is 5.91 Å². The lowest BCUT2D eigenvalue weighted by molar-refractivity contribution is -0.124. The third kappa shape index (κ3) is 8.64. The van der Waals surface area contributed by atoms with Crippen LogP contribution in [0.5, 0.6) is 11.5 Å². The Labute approximate surface area is 187 Å². The first kappa shape index (κ1) is 25.8. The van der Waals surface area contributed by atoms with Gasteiger partial charge in [-0.2, -0.15) is 0 Å². The van der Waals surface area contributed by atoms with Crippen molar-refractivity contribution in [2.24, 2.45) is 0 Å². The second-order valence-electron chi connectivity index (χ2n) is 8.20. The largest absolute Gasteiger partial charge is 0.493 e. The van der Waals surface area contributed by atoms with E-state index < -0.39 is 0 Å². The third-order valence-corrected chi connectivity index (χ3v) is 4.43. The van der Waals surface area contributed by atoms with Gasteiger partial charge in [0.1, 0.15) is 0 Å². The van der Waals surface area contributed by atoms with Crippen LogP contribution in [0.25, 0.3) is 0 Å². The van der Waals surface area contributed by atoms with Crippen molar-refractivity contribution in [1.82, 2.24) is 10.6 Å². The van der Waals surface area contributed by atoms with Gasteiger partial charge in [-0.05, 0) is 50.5 Å². The molecule has 0 aliphatic heterocycles. The Morgan fingerprint density at radius 3 is 2.37 bits per heavy atom. The number of hydrogen-bond acceptors (Lipinski definition) is 4. The molecule has 0 bridgehead atoms. The molecule has 1 atom stereocenters. The summed E-state index contributed by atoms with van der Waals surface area (Å²) in [5.41, 5.74) is 2.12. The van der Waals surface area contributed by atoms with Gasteiger partial charge in [0.2, 0.25) is 0 Å². The molecule has 0 spiro atoms. The van der Waals surface area contributed by atoms with E-state index in [1.807, 2.05) is 45.0 Å². The van der Waals surface area contributed by atoms with E-state index in [2.05, 4.69) is 41.8 Å². The Kier molecular flexibility index (Phi) is 10.7. The van der Waals surface area contributed by atoms with Crippen LogP contribution in [0.3, 0.4) is 0 Å². The van der Waals surface area contributed by atoms with Crippen molar-refractivity contribution in [3.8, 4) is 11.5 Å². The minimum Gasteiger partial charge on any atom is -0.493 e. The number of methoxy groups -OCH3 is 1. The lowest BCUT2D eigenvalue weighted by Gasteiger charge is -2.21. The average Bonchev–Trinajstić information content (AvgIpc) is 2.69. The third-order valence-electron chi connectivity index (χ3n) is 4.43. The fourth-order valence-corrected chi connectivity index (χ4v) is 3.14. The van der Waals surface area contributed by atoms with Crippen molar-refractivity contribution in [2.75, 3.05) is 13.7 Å². The molecule has 2 aromatic carbocycles. The maximum Gasteiger partial charge on any atom is 0.258 e. The normalized spacial score (nSPS) is 11.9. The molecule has 166 valence electrons. The van der Waals surface area contributed by atoms with Crippen LogP contribution in [-0.4, -0.2) is 25.2 Å². The predicted molar refractivity (Wildman–Crippen MR) is 125 cm³/mol. The number of benzene rings is 2. The fourth-order valence-electron chi connectivity index (χ4n) is 3.14. The summed E-state index contributed by atoms with van der Waals surface area (Å²) in [6.45, 7) is 8.69. The first-order chi connectivity index (χ1) is 13.8. The van der Waals surface area contributed by atoms with Crippen molar-refractivity contribution < 1.29 is 14.3 Å². The SMILES string of the molecule is CCCC(NCc1ccc(OCC(=O)NC(C)(C)C)c(OC)c1)c1ccccc1.Cl. The summed E-state index contributed by atoms with van der Waals surface area (Å²) in [6, 6.07) is 16.6. The molecule has 0 saturated heterocycles. The Morgan fingerprint density at radius 1 is 1.07 bits per heavy atom. The van der Waals surface area contributed by atoms with E-state index in [9.17, 15) is 4.79 Å². The van der Waals surface area contributed by atoms with Crippen molar-refractivity contribution >= 4 is 18.3 Å². The average molecular weight is 435 g/mol. The molecule has 5 nitrogen and oxygen atoms in total. The van der Waals surface area contributed by atoms with Crippen molar-refractivity contribution in [3.63, 3.8) is 0 Å². The van der Waals surface area contributed by atoms with E-state index in [0.29, 0.717) is 17.5 Å². The molecular formula is C24H35ClN2O3. The lowest BCUT2D eigenvalue weighted by Crippen LogP contribution is -2.43. The highest BCUT2D eigenvalue weighted by Gasteiger charge is 2.15. The van der Waals surface area contributed by atoms with Crippen LogP contribution < -0.4 is 20.1 Å². The molecule has 0 saturated carbocycles. The van der Waals surface area contributed by atoms with E-state index >= 15 is 0 Å². The van der Waals surface area contributed by atoms with Crippen molar-refractivity contribution in [2.45, 2.75) is 58.7 Å². The highest BCUT2D eigenvalue weighted by Crippen LogP contribution is 2.28. The number of nitrogens with one attached hydrogen (secondary N) is 2. The zero-order valence-electron chi connectivity index (χ0n) is 18.7. The second-order valence-corrected chi connectivity index (χ2v) is 8.20. The monoisotopic (exact) mass is 434 g/mol. The highest BCUT2D eigenvalue weighted by atomic mass is 35.5. The maximum absolute atomic E-state index is 12.0. The number of rotatable bonds is 10. The Hall–Kier alpha value is -2.24. The van der Waals surface area contributed by atoms with E-state index in [-0.39, 0.29) is 30.5 Å². The van der Waals surface area contributed by atoms with Gasteiger partial charge in [-0.1, -0.05) is 49.7 Å².